The van der Waals surface area contributed by atoms with Gasteiger partial charge in [-0.15, -0.1) is 0 Å². The molecule has 104 valence electrons. The molecule has 2 rings (SSSR count). The summed E-state index contributed by atoms with van der Waals surface area (Å²) in [7, 11) is 0. The molecule has 0 aromatic carbocycles. The lowest BCUT2D eigenvalue weighted by Gasteiger charge is -2.18. The Hall–Kier alpha value is -0.0900. The lowest BCUT2D eigenvalue weighted by atomic mass is 10.1. The van der Waals surface area contributed by atoms with Crippen LogP contribution in [0.2, 0.25) is 0 Å². The molecule has 0 N–H and O–H groups in total. The molecule has 3 unspecified atom stereocenters. The van der Waals surface area contributed by atoms with Crippen molar-refractivity contribution in [2.24, 2.45) is 11.8 Å². The molecule has 4 heteroatoms. The molecule has 3 nitrogen and oxygen atoms in total. The van der Waals surface area contributed by atoms with Crippen molar-refractivity contribution in [3.05, 3.63) is 0 Å². The van der Waals surface area contributed by atoms with Gasteiger partial charge in [0, 0.05) is 11.4 Å². The number of ether oxygens (including phenoxy) is 2. The van der Waals surface area contributed by atoms with E-state index in [1.165, 1.54) is 25.7 Å². The molecule has 2 aliphatic rings. The zero-order valence-corrected chi connectivity index (χ0v) is 12.7. The molecule has 0 bridgehead atoms. The molecule has 0 spiro atoms. The normalized spacial score (nSPS) is 32.9. The van der Waals surface area contributed by atoms with Gasteiger partial charge in [0.15, 0.2) is 0 Å². The van der Waals surface area contributed by atoms with Gasteiger partial charge in [0.25, 0.3) is 0 Å². The Balaban J connectivity index is 1.74. The fourth-order valence-electron chi connectivity index (χ4n) is 3.01. The minimum Gasteiger partial charge on any atom is -0.466 e. The highest BCUT2D eigenvalue weighted by Crippen LogP contribution is 2.35. The molecule has 0 amide bonds. The Bertz CT molecular complexity index is 276. The van der Waals surface area contributed by atoms with Crippen LogP contribution in [0.4, 0.5) is 0 Å². The van der Waals surface area contributed by atoms with E-state index in [9.17, 15) is 4.79 Å². The maximum atomic E-state index is 11.7. The minimum atomic E-state index is -0.0612. The van der Waals surface area contributed by atoms with E-state index >= 15 is 0 Å². The Morgan fingerprint density at radius 3 is 2.67 bits per heavy atom. The number of alkyl halides is 1. The van der Waals surface area contributed by atoms with E-state index in [4.69, 9.17) is 9.47 Å². The van der Waals surface area contributed by atoms with Crippen LogP contribution in [-0.2, 0) is 14.3 Å². The van der Waals surface area contributed by atoms with Crippen molar-refractivity contribution in [2.75, 3.05) is 13.2 Å². The van der Waals surface area contributed by atoms with Crippen molar-refractivity contribution in [1.29, 1.82) is 0 Å². The van der Waals surface area contributed by atoms with E-state index < -0.39 is 0 Å². The van der Waals surface area contributed by atoms with Crippen LogP contribution in [0.15, 0.2) is 0 Å². The first-order valence-electron chi connectivity index (χ1n) is 7.13. The maximum Gasteiger partial charge on any atom is 0.309 e. The van der Waals surface area contributed by atoms with E-state index in [1.54, 1.807) is 0 Å². The topological polar surface area (TPSA) is 35.5 Å². The van der Waals surface area contributed by atoms with Crippen LogP contribution < -0.4 is 0 Å². The molecule has 18 heavy (non-hydrogen) atoms. The Morgan fingerprint density at radius 1 is 1.28 bits per heavy atom. The van der Waals surface area contributed by atoms with Gasteiger partial charge in [0.05, 0.1) is 18.6 Å². The first-order valence-corrected chi connectivity index (χ1v) is 8.04. The van der Waals surface area contributed by atoms with Crippen LogP contribution in [0.5, 0.6) is 0 Å². The van der Waals surface area contributed by atoms with Crippen molar-refractivity contribution in [3.8, 4) is 0 Å². The van der Waals surface area contributed by atoms with Crippen LogP contribution in [0, 0.1) is 11.8 Å². The predicted octanol–water partition coefficient (Wildman–Crippen LogP) is 3.30. The second-order valence-corrected chi connectivity index (χ2v) is 6.63. The summed E-state index contributed by atoms with van der Waals surface area (Å²) < 4.78 is 11.1. The van der Waals surface area contributed by atoms with Crippen molar-refractivity contribution < 1.29 is 14.3 Å². The summed E-state index contributed by atoms with van der Waals surface area (Å²) in [6, 6.07) is 0. The molecule has 0 radical (unpaired) electrons. The van der Waals surface area contributed by atoms with Gasteiger partial charge in [-0.2, -0.15) is 0 Å². The lowest BCUT2D eigenvalue weighted by Crippen LogP contribution is -2.21. The molecule has 0 aromatic heterocycles. The summed E-state index contributed by atoms with van der Waals surface area (Å²) in [6.45, 7) is 3.19. The van der Waals surface area contributed by atoms with Crippen molar-refractivity contribution in [1.82, 2.24) is 0 Å². The highest BCUT2D eigenvalue weighted by molar-refractivity contribution is 9.09. The third kappa shape index (κ3) is 3.70. The van der Waals surface area contributed by atoms with E-state index in [0.29, 0.717) is 11.4 Å². The first kappa shape index (κ1) is 14.3. The van der Waals surface area contributed by atoms with E-state index in [-0.39, 0.29) is 18.0 Å². The van der Waals surface area contributed by atoms with E-state index in [0.717, 1.165) is 25.4 Å². The van der Waals surface area contributed by atoms with Gasteiger partial charge in [-0.1, -0.05) is 28.8 Å². The Labute approximate surface area is 118 Å². The molecule has 2 saturated carbocycles. The van der Waals surface area contributed by atoms with Crippen LogP contribution in [0.3, 0.4) is 0 Å². The summed E-state index contributed by atoms with van der Waals surface area (Å²) in [5.41, 5.74) is 0. The van der Waals surface area contributed by atoms with Gasteiger partial charge in [0.1, 0.15) is 0 Å². The summed E-state index contributed by atoms with van der Waals surface area (Å²) >= 11 is 3.64. The van der Waals surface area contributed by atoms with Crippen LogP contribution >= 0.6 is 15.9 Å². The standard InChI is InChI=1S/C14H23BrO3/c1-2-17-14(16)11-7-12(15)13(8-11)18-9-10-5-3-4-6-10/h10-13H,2-9H2,1H3. The van der Waals surface area contributed by atoms with Gasteiger partial charge in [-0.25, -0.2) is 0 Å². The number of carbonyl (C=O) groups excluding carboxylic acids is 1. The second-order valence-electron chi connectivity index (χ2n) is 5.46. The number of halogens is 1. The summed E-state index contributed by atoms with van der Waals surface area (Å²) in [5.74, 6) is 0.697. The summed E-state index contributed by atoms with van der Waals surface area (Å²) in [5, 5.41) is 0. The highest BCUT2D eigenvalue weighted by atomic mass is 79.9. The van der Waals surface area contributed by atoms with Crippen LogP contribution in [-0.4, -0.2) is 30.1 Å². The van der Waals surface area contributed by atoms with E-state index in [2.05, 4.69) is 15.9 Å². The number of rotatable bonds is 5. The third-order valence-corrected chi connectivity index (χ3v) is 5.03. The quantitative estimate of drug-likeness (QED) is 0.576. The van der Waals surface area contributed by atoms with Crippen molar-refractivity contribution >= 4 is 21.9 Å². The van der Waals surface area contributed by atoms with Crippen LogP contribution in [0.1, 0.15) is 45.4 Å². The average molecular weight is 319 g/mol. The fraction of sp³-hybridized carbons (Fsp3) is 0.929. The van der Waals surface area contributed by atoms with Crippen molar-refractivity contribution in [2.45, 2.75) is 56.4 Å². The van der Waals surface area contributed by atoms with Gasteiger partial charge < -0.3 is 9.47 Å². The zero-order valence-electron chi connectivity index (χ0n) is 11.1. The number of esters is 1. The van der Waals surface area contributed by atoms with Gasteiger partial charge >= 0.3 is 5.97 Å². The molecular weight excluding hydrogens is 296 g/mol. The van der Waals surface area contributed by atoms with Crippen LogP contribution in [0.25, 0.3) is 0 Å². The highest BCUT2D eigenvalue weighted by Gasteiger charge is 2.38. The maximum absolute atomic E-state index is 11.7. The zero-order chi connectivity index (χ0) is 13.0. The largest absolute Gasteiger partial charge is 0.466 e. The molecule has 0 aliphatic heterocycles. The number of hydrogen-bond donors (Lipinski definition) is 0. The average Bonchev–Trinajstić information content (AvgIpc) is 2.96. The molecule has 2 fully saturated rings. The molecule has 0 heterocycles. The van der Waals surface area contributed by atoms with Gasteiger partial charge in [-0.05, 0) is 38.5 Å². The smallest absolute Gasteiger partial charge is 0.309 e. The number of hydrogen-bond acceptors (Lipinski definition) is 3. The molecule has 2 aliphatic carbocycles. The molecular formula is C14H23BrO3. The Kier molecular flexibility index (Phi) is 5.49. The first-order chi connectivity index (χ1) is 8.70. The lowest BCUT2D eigenvalue weighted by molar-refractivity contribution is -0.148. The number of carbonyl (C=O) groups is 1. The van der Waals surface area contributed by atoms with Gasteiger partial charge in [-0.3, -0.25) is 4.79 Å². The Morgan fingerprint density at radius 2 is 2.00 bits per heavy atom. The third-order valence-electron chi connectivity index (χ3n) is 4.07. The monoisotopic (exact) mass is 318 g/mol. The predicted molar refractivity (Wildman–Crippen MR) is 73.8 cm³/mol. The summed E-state index contributed by atoms with van der Waals surface area (Å²) in [6.07, 6.45) is 7.14. The fourth-order valence-corrected chi connectivity index (χ4v) is 3.83. The van der Waals surface area contributed by atoms with E-state index in [1.807, 2.05) is 6.92 Å². The second kappa shape index (κ2) is 6.90. The SMILES string of the molecule is CCOC(=O)C1CC(Br)C(OCC2CCCC2)C1. The molecule has 0 saturated heterocycles. The molecule has 0 aromatic rings. The van der Waals surface area contributed by atoms with Gasteiger partial charge in [0.2, 0.25) is 0 Å². The molecule has 3 atom stereocenters. The minimum absolute atomic E-state index is 0.0166. The van der Waals surface area contributed by atoms with Crippen molar-refractivity contribution in [3.63, 3.8) is 0 Å². The summed E-state index contributed by atoms with van der Waals surface area (Å²) in [4.78, 5) is 12.0.